The van der Waals surface area contributed by atoms with Gasteiger partial charge in [-0.1, -0.05) is 42.5 Å². The van der Waals surface area contributed by atoms with Gasteiger partial charge in [-0.05, 0) is 16.8 Å². The minimum atomic E-state index is -0.791. The minimum Gasteiger partial charge on any atom is -0.481 e. The average Bonchev–Trinajstić information content (AvgIpc) is 2.16. The molecule has 0 saturated heterocycles. The third-order valence-electron chi connectivity index (χ3n) is 1.86. The number of carboxylic acid groups (broad SMARTS) is 1. The Hall–Kier alpha value is -1.22. The zero-order valence-electron chi connectivity index (χ0n) is 7.77. The van der Waals surface area contributed by atoms with Gasteiger partial charge in [-0.2, -0.15) is 0 Å². The molecule has 74 valence electrons. The van der Waals surface area contributed by atoms with Crippen LogP contribution in [0.4, 0.5) is 0 Å². The number of hydrogen-bond donors (Lipinski definition) is 1. The summed E-state index contributed by atoms with van der Waals surface area (Å²) < 4.78 is 0. The highest BCUT2D eigenvalue weighted by atomic mass is 32.1. The molecule has 1 aromatic rings. The van der Waals surface area contributed by atoms with Crippen LogP contribution in [0.3, 0.4) is 0 Å². The van der Waals surface area contributed by atoms with Gasteiger partial charge in [0.25, 0.3) is 0 Å². The summed E-state index contributed by atoms with van der Waals surface area (Å²) in [7, 11) is 0. The topological polar surface area (TPSA) is 37.3 Å². The zero-order chi connectivity index (χ0) is 10.4. The molecule has 0 atom stereocenters. The number of thiocarbonyl (C=S) groups is 1. The van der Waals surface area contributed by atoms with Crippen LogP contribution in [-0.2, 0) is 11.2 Å². The molecule has 0 aliphatic carbocycles. The number of benzene rings is 1. The van der Waals surface area contributed by atoms with Crippen LogP contribution >= 0.6 is 12.2 Å². The van der Waals surface area contributed by atoms with Gasteiger partial charge in [0.2, 0.25) is 0 Å². The van der Waals surface area contributed by atoms with Gasteiger partial charge in [-0.25, -0.2) is 0 Å². The molecule has 0 aromatic heterocycles. The van der Waals surface area contributed by atoms with Gasteiger partial charge >= 0.3 is 5.97 Å². The van der Waals surface area contributed by atoms with E-state index in [1.54, 1.807) is 0 Å². The Bertz CT molecular complexity index is 319. The Morgan fingerprint density at radius 1 is 1.21 bits per heavy atom. The molecule has 3 heteroatoms. The van der Waals surface area contributed by atoms with Gasteiger partial charge in [0.15, 0.2) is 0 Å². The van der Waals surface area contributed by atoms with E-state index in [0.717, 1.165) is 10.4 Å². The van der Waals surface area contributed by atoms with Crippen LogP contribution in [0.5, 0.6) is 0 Å². The van der Waals surface area contributed by atoms with Gasteiger partial charge in [0.05, 0.1) is 0 Å². The van der Waals surface area contributed by atoms with E-state index in [1.807, 2.05) is 30.3 Å². The van der Waals surface area contributed by atoms with Crippen molar-refractivity contribution in [2.45, 2.75) is 19.3 Å². The molecule has 1 N–H and O–H groups in total. The molecule has 0 radical (unpaired) electrons. The van der Waals surface area contributed by atoms with Crippen LogP contribution in [0.25, 0.3) is 0 Å². The average molecular weight is 208 g/mol. The van der Waals surface area contributed by atoms with Gasteiger partial charge in [-0.15, -0.1) is 0 Å². The Morgan fingerprint density at radius 3 is 2.43 bits per heavy atom. The van der Waals surface area contributed by atoms with E-state index in [2.05, 4.69) is 0 Å². The molecule has 1 rings (SSSR count). The van der Waals surface area contributed by atoms with Crippen LogP contribution in [0.15, 0.2) is 30.3 Å². The van der Waals surface area contributed by atoms with E-state index in [9.17, 15) is 4.79 Å². The van der Waals surface area contributed by atoms with Crippen LogP contribution in [0.1, 0.15) is 18.4 Å². The normalized spacial score (nSPS) is 9.71. The third kappa shape index (κ3) is 4.14. The SMILES string of the molecule is O=C(O)CCC(=S)Cc1ccccc1. The number of hydrogen-bond acceptors (Lipinski definition) is 2. The Labute approximate surface area is 88.6 Å². The summed E-state index contributed by atoms with van der Waals surface area (Å²) in [6.45, 7) is 0. The molecule has 0 fully saturated rings. The highest BCUT2D eigenvalue weighted by molar-refractivity contribution is 7.80. The summed E-state index contributed by atoms with van der Waals surface area (Å²) in [4.78, 5) is 11.1. The van der Waals surface area contributed by atoms with E-state index < -0.39 is 5.97 Å². The van der Waals surface area contributed by atoms with Crippen LogP contribution in [-0.4, -0.2) is 15.9 Å². The highest BCUT2D eigenvalue weighted by Crippen LogP contribution is 2.04. The fraction of sp³-hybridized carbons (Fsp3) is 0.273. The van der Waals surface area contributed by atoms with E-state index >= 15 is 0 Å². The molecule has 0 spiro atoms. The van der Waals surface area contributed by atoms with Crippen LogP contribution in [0, 0.1) is 0 Å². The smallest absolute Gasteiger partial charge is 0.303 e. The van der Waals surface area contributed by atoms with E-state index in [1.165, 1.54) is 0 Å². The molecule has 2 nitrogen and oxygen atoms in total. The Kier molecular flexibility index (Phi) is 4.26. The van der Waals surface area contributed by atoms with Gasteiger partial charge in [0.1, 0.15) is 0 Å². The lowest BCUT2D eigenvalue weighted by molar-refractivity contribution is -0.136. The summed E-state index contributed by atoms with van der Waals surface area (Å²) in [6, 6.07) is 9.84. The molecule has 0 aliphatic heterocycles. The lowest BCUT2D eigenvalue weighted by Crippen LogP contribution is -2.03. The van der Waals surface area contributed by atoms with Crippen LogP contribution in [0.2, 0.25) is 0 Å². The first-order valence-electron chi connectivity index (χ1n) is 4.46. The monoisotopic (exact) mass is 208 g/mol. The van der Waals surface area contributed by atoms with E-state index in [4.69, 9.17) is 17.3 Å². The number of carboxylic acids is 1. The molecule has 0 unspecified atom stereocenters. The molecular formula is C11H12O2S. The summed E-state index contributed by atoms with van der Waals surface area (Å²) in [5.74, 6) is -0.791. The molecule has 14 heavy (non-hydrogen) atoms. The zero-order valence-corrected chi connectivity index (χ0v) is 8.59. The first-order chi connectivity index (χ1) is 6.68. The van der Waals surface area contributed by atoms with Crippen molar-refractivity contribution in [2.75, 3.05) is 0 Å². The molecule has 0 saturated carbocycles. The first-order valence-corrected chi connectivity index (χ1v) is 4.87. The fourth-order valence-electron chi connectivity index (χ4n) is 1.16. The lowest BCUT2D eigenvalue weighted by atomic mass is 10.1. The third-order valence-corrected chi connectivity index (χ3v) is 2.21. The van der Waals surface area contributed by atoms with E-state index in [-0.39, 0.29) is 6.42 Å². The summed E-state index contributed by atoms with van der Waals surface area (Å²) in [5, 5.41) is 8.47. The van der Waals surface area contributed by atoms with Crippen molar-refractivity contribution in [3.8, 4) is 0 Å². The largest absolute Gasteiger partial charge is 0.481 e. The highest BCUT2D eigenvalue weighted by Gasteiger charge is 2.02. The number of aliphatic carboxylic acids is 1. The van der Waals surface area contributed by atoms with Crippen molar-refractivity contribution in [2.24, 2.45) is 0 Å². The molecule has 0 amide bonds. The lowest BCUT2D eigenvalue weighted by Gasteiger charge is -2.01. The molecule has 0 bridgehead atoms. The second kappa shape index (κ2) is 5.50. The second-order valence-electron chi connectivity index (χ2n) is 3.09. The number of rotatable bonds is 5. The molecular weight excluding hydrogens is 196 g/mol. The predicted molar refractivity (Wildman–Crippen MR) is 59.6 cm³/mol. The standard InChI is InChI=1S/C11H12O2S/c12-11(13)7-6-10(14)8-9-4-2-1-3-5-9/h1-5H,6-8H2,(H,12,13). The summed E-state index contributed by atoms with van der Waals surface area (Å²) in [6.07, 6.45) is 1.31. The maximum absolute atomic E-state index is 10.3. The van der Waals surface area contributed by atoms with Crippen molar-refractivity contribution >= 4 is 23.1 Å². The Balaban J connectivity index is 2.38. The van der Waals surface area contributed by atoms with Crippen molar-refractivity contribution in [1.82, 2.24) is 0 Å². The molecule has 0 aliphatic rings. The fourth-order valence-corrected chi connectivity index (χ4v) is 1.43. The molecule has 0 heterocycles. The first kappa shape index (κ1) is 10.9. The number of carbonyl (C=O) groups is 1. The quantitative estimate of drug-likeness (QED) is 0.755. The van der Waals surface area contributed by atoms with Gasteiger partial charge in [-0.3, -0.25) is 4.79 Å². The van der Waals surface area contributed by atoms with Crippen LogP contribution < -0.4 is 0 Å². The van der Waals surface area contributed by atoms with Crippen molar-refractivity contribution in [1.29, 1.82) is 0 Å². The van der Waals surface area contributed by atoms with Crippen molar-refractivity contribution < 1.29 is 9.90 Å². The molecule has 1 aromatic carbocycles. The van der Waals surface area contributed by atoms with Gasteiger partial charge in [0, 0.05) is 12.8 Å². The predicted octanol–water partition coefficient (Wildman–Crippen LogP) is 2.46. The Morgan fingerprint density at radius 2 is 1.86 bits per heavy atom. The van der Waals surface area contributed by atoms with Crippen molar-refractivity contribution in [3.05, 3.63) is 35.9 Å². The van der Waals surface area contributed by atoms with E-state index in [0.29, 0.717) is 12.8 Å². The maximum atomic E-state index is 10.3. The second-order valence-corrected chi connectivity index (χ2v) is 3.67. The van der Waals surface area contributed by atoms with Crippen molar-refractivity contribution in [3.63, 3.8) is 0 Å². The summed E-state index contributed by atoms with van der Waals surface area (Å²) in [5.41, 5.74) is 1.14. The van der Waals surface area contributed by atoms with Gasteiger partial charge < -0.3 is 5.11 Å². The summed E-state index contributed by atoms with van der Waals surface area (Å²) >= 11 is 5.09. The minimum absolute atomic E-state index is 0.131. The maximum Gasteiger partial charge on any atom is 0.303 e.